The van der Waals surface area contributed by atoms with E-state index in [0.717, 1.165) is 24.5 Å². The summed E-state index contributed by atoms with van der Waals surface area (Å²) in [4.78, 5) is 0. The fourth-order valence-corrected chi connectivity index (χ4v) is 2.46. The Kier molecular flexibility index (Phi) is 3.77. The molecule has 20 heavy (non-hydrogen) atoms. The van der Waals surface area contributed by atoms with Crippen LogP contribution in [0.4, 0.5) is 5.69 Å². The van der Waals surface area contributed by atoms with E-state index < -0.39 is 0 Å². The fourth-order valence-electron chi connectivity index (χ4n) is 2.46. The maximum Gasteiger partial charge on any atom is 0.120 e. The van der Waals surface area contributed by atoms with Gasteiger partial charge in [0.15, 0.2) is 0 Å². The highest BCUT2D eigenvalue weighted by atomic mass is 16.5. The van der Waals surface area contributed by atoms with E-state index in [1.807, 2.05) is 24.3 Å². The standard InChI is InChI=1S/C17H19NO2/c1-19-15-5-7-16(8-6-15)20-12-13-4-9-17-14(11-13)3-2-10-18-17/h4-9,11,18H,2-3,10,12H2,1H3. The lowest BCUT2D eigenvalue weighted by molar-refractivity contribution is 0.305. The van der Waals surface area contributed by atoms with Gasteiger partial charge in [0.1, 0.15) is 18.1 Å². The molecule has 3 rings (SSSR count). The average molecular weight is 269 g/mol. The second-order valence-electron chi connectivity index (χ2n) is 4.99. The van der Waals surface area contributed by atoms with E-state index in [1.54, 1.807) is 7.11 Å². The zero-order valence-electron chi connectivity index (χ0n) is 11.7. The summed E-state index contributed by atoms with van der Waals surface area (Å²) in [6, 6.07) is 14.2. The van der Waals surface area contributed by atoms with Gasteiger partial charge < -0.3 is 14.8 Å². The average Bonchev–Trinajstić information content (AvgIpc) is 2.53. The molecule has 0 unspecified atom stereocenters. The molecule has 0 atom stereocenters. The van der Waals surface area contributed by atoms with Crippen LogP contribution in [0.3, 0.4) is 0 Å². The molecule has 3 nitrogen and oxygen atoms in total. The van der Waals surface area contributed by atoms with Gasteiger partial charge in [0.25, 0.3) is 0 Å². The minimum Gasteiger partial charge on any atom is -0.497 e. The van der Waals surface area contributed by atoms with E-state index in [2.05, 4.69) is 23.5 Å². The predicted molar refractivity (Wildman–Crippen MR) is 80.6 cm³/mol. The number of anilines is 1. The van der Waals surface area contributed by atoms with Crippen molar-refractivity contribution in [3.8, 4) is 11.5 Å². The Hall–Kier alpha value is -2.16. The first-order chi connectivity index (χ1) is 9.85. The van der Waals surface area contributed by atoms with Crippen LogP contribution in [0.5, 0.6) is 11.5 Å². The molecule has 1 aliphatic heterocycles. The number of ether oxygens (including phenoxy) is 2. The second-order valence-corrected chi connectivity index (χ2v) is 4.99. The molecule has 2 aromatic rings. The first-order valence-electron chi connectivity index (χ1n) is 6.98. The van der Waals surface area contributed by atoms with Gasteiger partial charge in [0, 0.05) is 12.2 Å². The zero-order chi connectivity index (χ0) is 13.8. The first-order valence-corrected chi connectivity index (χ1v) is 6.98. The molecule has 1 aliphatic rings. The van der Waals surface area contributed by atoms with Crippen molar-refractivity contribution in [1.29, 1.82) is 0 Å². The molecular formula is C17H19NO2. The molecule has 0 fully saturated rings. The van der Waals surface area contributed by atoms with Gasteiger partial charge >= 0.3 is 0 Å². The minimum atomic E-state index is 0.597. The lowest BCUT2D eigenvalue weighted by Gasteiger charge is -2.18. The Labute approximate surface area is 119 Å². The number of fused-ring (bicyclic) bond motifs is 1. The van der Waals surface area contributed by atoms with Crippen LogP contribution in [0.1, 0.15) is 17.5 Å². The van der Waals surface area contributed by atoms with Crippen LogP contribution in [0.25, 0.3) is 0 Å². The van der Waals surface area contributed by atoms with Gasteiger partial charge in [-0.15, -0.1) is 0 Å². The number of rotatable bonds is 4. The minimum absolute atomic E-state index is 0.597. The molecule has 0 spiro atoms. The molecule has 3 heteroatoms. The third-order valence-corrected chi connectivity index (χ3v) is 3.57. The van der Waals surface area contributed by atoms with Gasteiger partial charge in [0.2, 0.25) is 0 Å². The summed E-state index contributed by atoms with van der Waals surface area (Å²) in [5.41, 5.74) is 3.87. The summed E-state index contributed by atoms with van der Waals surface area (Å²) in [7, 11) is 1.66. The number of benzene rings is 2. The molecule has 0 bridgehead atoms. The van der Waals surface area contributed by atoms with Gasteiger partial charge in [-0.25, -0.2) is 0 Å². The Bertz CT molecular complexity index is 578. The Morgan fingerprint density at radius 3 is 2.65 bits per heavy atom. The lowest BCUT2D eigenvalue weighted by atomic mass is 10.0. The summed E-state index contributed by atoms with van der Waals surface area (Å²) in [6.07, 6.45) is 2.36. The van der Waals surface area contributed by atoms with Crippen LogP contribution in [-0.4, -0.2) is 13.7 Å². The highest BCUT2D eigenvalue weighted by Crippen LogP contribution is 2.24. The van der Waals surface area contributed by atoms with Crippen LogP contribution in [-0.2, 0) is 13.0 Å². The van der Waals surface area contributed by atoms with Gasteiger partial charge in [0.05, 0.1) is 7.11 Å². The van der Waals surface area contributed by atoms with Crippen molar-refractivity contribution in [3.05, 3.63) is 53.6 Å². The summed E-state index contributed by atoms with van der Waals surface area (Å²) < 4.78 is 10.9. The highest BCUT2D eigenvalue weighted by Gasteiger charge is 2.08. The van der Waals surface area contributed by atoms with Crippen molar-refractivity contribution >= 4 is 5.69 Å². The lowest BCUT2D eigenvalue weighted by Crippen LogP contribution is -2.12. The predicted octanol–water partition coefficient (Wildman–Crippen LogP) is 3.63. The van der Waals surface area contributed by atoms with E-state index in [0.29, 0.717) is 6.61 Å². The van der Waals surface area contributed by atoms with E-state index >= 15 is 0 Å². The molecule has 104 valence electrons. The molecule has 0 aliphatic carbocycles. The molecule has 0 saturated carbocycles. The van der Waals surface area contributed by atoms with Crippen molar-refractivity contribution < 1.29 is 9.47 Å². The summed E-state index contributed by atoms with van der Waals surface area (Å²) >= 11 is 0. The van der Waals surface area contributed by atoms with E-state index in [-0.39, 0.29) is 0 Å². The zero-order valence-corrected chi connectivity index (χ0v) is 11.7. The number of hydrogen-bond acceptors (Lipinski definition) is 3. The number of nitrogens with one attached hydrogen (secondary N) is 1. The summed E-state index contributed by atoms with van der Waals surface area (Å²) in [5, 5.41) is 3.42. The van der Waals surface area contributed by atoms with E-state index in [1.165, 1.54) is 23.2 Å². The molecule has 0 saturated heterocycles. The van der Waals surface area contributed by atoms with Gasteiger partial charge in [-0.3, -0.25) is 0 Å². The van der Waals surface area contributed by atoms with E-state index in [4.69, 9.17) is 9.47 Å². The first kappa shape index (κ1) is 12.9. The second kappa shape index (κ2) is 5.87. The van der Waals surface area contributed by atoms with Crippen LogP contribution in [0, 0.1) is 0 Å². The van der Waals surface area contributed by atoms with Gasteiger partial charge in [-0.1, -0.05) is 12.1 Å². The molecule has 0 amide bonds. The molecule has 0 radical (unpaired) electrons. The Balaban J connectivity index is 1.65. The normalized spacial score (nSPS) is 13.2. The Morgan fingerprint density at radius 2 is 1.85 bits per heavy atom. The molecular weight excluding hydrogens is 250 g/mol. The Morgan fingerprint density at radius 1 is 1.05 bits per heavy atom. The van der Waals surface area contributed by atoms with Crippen LogP contribution >= 0.6 is 0 Å². The van der Waals surface area contributed by atoms with Gasteiger partial charge in [-0.05, 0) is 54.3 Å². The topological polar surface area (TPSA) is 30.5 Å². The van der Waals surface area contributed by atoms with Crippen LogP contribution < -0.4 is 14.8 Å². The molecule has 1 N–H and O–H groups in total. The smallest absolute Gasteiger partial charge is 0.120 e. The maximum atomic E-state index is 5.81. The van der Waals surface area contributed by atoms with Crippen molar-refractivity contribution in [1.82, 2.24) is 0 Å². The molecule has 1 heterocycles. The van der Waals surface area contributed by atoms with Crippen molar-refractivity contribution in [3.63, 3.8) is 0 Å². The third-order valence-electron chi connectivity index (χ3n) is 3.57. The summed E-state index contributed by atoms with van der Waals surface area (Å²) in [6.45, 7) is 1.67. The number of hydrogen-bond donors (Lipinski definition) is 1. The highest BCUT2D eigenvalue weighted by molar-refractivity contribution is 5.54. The quantitative estimate of drug-likeness (QED) is 0.919. The molecule has 2 aromatic carbocycles. The fraction of sp³-hybridized carbons (Fsp3) is 0.294. The summed E-state index contributed by atoms with van der Waals surface area (Å²) in [5.74, 6) is 1.71. The van der Waals surface area contributed by atoms with Crippen LogP contribution in [0.2, 0.25) is 0 Å². The van der Waals surface area contributed by atoms with Gasteiger partial charge in [-0.2, -0.15) is 0 Å². The number of aryl methyl sites for hydroxylation is 1. The van der Waals surface area contributed by atoms with Crippen LogP contribution in [0.15, 0.2) is 42.5 Å². The van der Waals surface area contributed by atoms with E-state index in [9.17, 15) is 0 Å². The van der Waals surface area contributed by atoms with Crippen molar-refractivity contribution in [2.24, 2.45) is 0 Å². The largest absolute Gasteiger partial charge is 0.497 e. The monoisotopic (exact) mass is 269 g/mol. The third kappa shape index (κ3) is 2.87. The molecule has 0 aromatic heterocycles. The maximum absolute atomic E-state index is 5.81. The van der Waals surface area contributed by atoms with Crippen molar-refractivity contribution in [2.75, 3.05) is 19.0 Å². The number of methoxy groups -OCH3 is 1. The van der Waals surface area contributed by atoms with Crippen molar-refractivity contribution in [2.45, 2.75) is 19.4 Å². The SMILES string of the molecule is COc1ccc(OCc2ccc3c(c2)CCCN3)cc1.